The van der Waals surface area contributed by atoms with Crippen molar-refractivity contribution in [2.24, 2.45) is 0 Å². The normalized spacial score (nSPS) is 8.76. The summed E-state index contributed by atoms with van der Waals surface area (Å²) in [5, 5.41) is 20.5. The Morgan fingerprint density at radius 2 is 1.00 bits per heavy atom. The van der Waals surface area contributed by atoms with Crippen molar-refractivity contribution in [2.45, 2.75) is 0 Å². The van der Waals surface area contributed by atoms with Gasteiger partial charge in [0.1, 0.15) is 0 Å². The van der Waals surface area contributed by atoms with Crippen LogP contribution in [0.5, 0.6) is 0 Å². The molecule has 0 bridgehead atoms. The molecule has 21 heavy (non-hydrogen) atoms. The summed E-state index contributed by atoms with van der Waals surface area (Å²) in [5.41, 5.74) is 11.2. The number of aromatic carboxylic acids is 2. The first-order chi connectivity index (χ1) is 9.43. The maximum Gasteiger partial charge on any atom is 0.0735 e. The van der Waals surface area contributed by atoms with Crippen molar-refractivity contribution in [3.05, 3.63) is 59.7 Å². The number of hydrogen-bond donors (Lipinski definition) is 2. The van der Waals surface area contributed by atoms with Crippen molar-refractivity contribution >= 4 is 23.3 Å². The summed E-state index contributed by atoms with van der Waals surface area (Å²) in [7, 11) is 0. The molecule has 0 saturated carbocycles. The van der Waals surface area contributed by atoms with Crippen LogP contribution in [-0.4, -0.2) is 11.9 Å². The molecule has 6 nitrogen and oxygen atoms in total. The first kappa shape index (κ1) is 18.5. The van der Waals surface area contributed by atoms with E-state index in [1.807, 2.05) is 0 Å². The molecular formula is C14H12MnN2O4-2. The molecule has 0 atom stereocenters. The fraction of sp³-hybridized carbons (Fsp3) is 0. The van der Waals surface area contributed by atoms with Gasteiger partial charge in [0.15, 0.2) is 0 Å². The second-order valence-corrected chi connectivity index (χ2v) is 3.75. The third-order valence-electron chi connectivity index (χ3n) is 2.36. The Bertz CT molecular complexity index is 576. The number of nitrogens with two attached hydrogens (primary N) is 2. The minimum absolute atomic E-state index is 0. The minimum atomic E-state index is -1.24. The van der Waals surface area contributed by atoms with Crippen LogP contribution < -0.4 is 21.7 Å². The van der Waals surface area contributed by atoms with Crippen LogP contribution in [0, 0.1) is 0 Å². The molecule has 0 aliphatic carbocycles. The molecule has 111 valence electrons. The van der Waals surface area contributed by atoms with Crippen LogP contribution in [0.25, 0.3) is 0 Å². The third-order valence-corrected chi connectivity index (χ3v) is 2.36. The van der Waals surface area contributed by atoms with Crippen LogP contribution in [0.2, 0.25) is 0 Å². The topological polar surface area (TPSA) is 132 Å². The number of carbonyl (C=O) groups is 2. The van der Waals surface area contributed by atoms with Gasteiger partial charge in [0.2, 0.25) is 0 Å². The Morgan fingerprint density at radius 1 is 0.714 bits per heavy atom. The molecule has 0 fully saturated rings. The van der Waals surface area contributed by atoms with Gasteiger partial charge >= 0.3 is 0 Å². The van der Waals surface area contributed by atoms with Crippen LogP contribution >= 0.6 is 0 Å². The predicted molar refractivity (Wildman–Crippen MR) is 70.4 cm³/mol. The summed E-state index contributed by atoms with van der Waals surface area (Å²) < 4.78 is 0. The SMILES string of the molecule is Nc1ccccc1C(=O)[O-].Nc1ccccc1C(=O)[O-].[Mn]. The number of nitrogen functional groups attached to an aromatic ring is 2. The summed E-state index contributed by atoms with van der Waals surface area (Å²) in [4.78, 5) is 20.5. The van der Waals surface area contributed by atoms with Crippen LogP contribution in [-0.2, 0) is 17.1 Å². The number of carboxylic acids is 2. The van der Waals surface area contributed by atoms with Crippen molar-refractivity contribution in [2.75, 3.05) is 11.5 Å². The van der Waals surface area contributed by atoms with Crippen LogP contribution in [0.4, 0.5) is 11.4 Å². The van der Waals surface area contributed by atoms with Crippen LogP contribution in [0.1, 0.15) is 20.7 Å². The van der Waals surface area contributed by atoms with E-state index in [2.05, 4.69) is 0 Å². The molecular weight excluding hydrogens is 315 g/mol. The number of hydrogen-bond acceptors (Lipinski definition) is 6. The average Bonchev–Trinajstić information content (AvgIpc) is 2.40. The Balaban J connectivity index is 0.000000364. The smallest absolute Gasteiger partial charge is 0.0735 e. The molecule has 0 aromatic heterocycles. The van der Waals surface area contributed by atoms with Crippen molar-refractivity contribution in [1.29, 1.82) is 0 Å². The van der Waals surface area contributed by atoms with E-state index in [-0.39, 0.29) is 39.6 Å². The molecule has 0 aliphatic rings. The van der Waals surface area contributed by atoms with Gasteiger partial charge in [-0.1, -0.05) is 36.4 Å². The van der Waals surface area contributed by atoms with Gasteiger partial charge < -0.3 is 31.3 Å². The van der Waals surface area contributed by atoms with Gasteiger partial charge in [-0.15, -0.1) is 0 Å². The predicted octanol–water partition coefficient (Wildman–Crippen LogP) is -0.738. The number of benzene rings is 2. The molecule has 7 heteroatoms. The van der Waals surface area contributed by atoms with Gasteiger partial charge in [-0.25, -0.2) is 0 Å². The molecule has 0 amide bonds. The zero-order valence-corrected chi connectivity index (χ0v) is 12.0. The number of para-hydroxylation sites is 2. The van der Waals surface area contributed by atoms with Gasteiger partial charge in [0.05, 0.1) is 11.9 Å². The first-order valence-electron chi connectivity index (χ1n) is 5.55. The molecule has 2 aromatic rings. The summed E-state index contributed by atoms with van der Waals surface area (Å²) >= 11 is 0. The molecule has 0 saturated heterocycles. The Morgan fingerprint density at radius 3 is 1.19 bits per heavy atom. The van der Waals surface area contributed by atoms with E-state index in [0.717, 1.165) is 0 Å². The van der Waals surface area contributed by atoms with E-state index in [0.29, 0.717) is 0 Å². The molecule has 2 aromatic carbocycles. The van der Waals surface area contributed by atoms with Gasteiger partial charge in [0, 0.05) is 39.6 Å². The zero-order valence-electron chi connectivity index (χ0n) is 10.8. The minimum Gasteiger partial charge on any atom is -0.545 e. The van der Waals surface area contributed by atoms with Crippen molar-refractivity contribution < 1.29 is 36.9 Å². The van der Waals surface area contributed by atoms with Crippen LogP contribution in [0.3, 0.4) is 0 Å². The summed E-state index contributed by atoms with van der Waals surface area (Å²) in [6.45, 7) is 0. The molecule has 4 N–H and O–H groups in total. The van der Waals surface area contributed by atoms with E-state index < -0.39 is 11.9 Å². The fourth-order valence-corrected chi connectivity index (χ4v) is 1.37. The molecule has 0 spiro atoms. The van der Waals surface area contributed by atoms with Gasteiger partial charge in [0.25, 0.3) is 0 Å². The maximum atomic E-state index is 10.2. The standard InChI is InChI=1S/2C7H7NO2.Mn/c2*8-6-4-2-1-3-5(6)7(9)10;/h2*1-4H,8H2,(H,9,10);/p-2. The number of anilines is 2. The number of carbonyl (C=O) groups excluding carboxylic acids is 2. The fourth-order valence-electron chi connectivity index (χ4n) is 1.37. The van der Waals surface area contributed by atoms with E-state index >= 15 is 0 Å². The summed E-state index contributed by atoms with van der Waals surface area (Å²) in [5.74, 6) is -2.48. The van der Waals surface area contributed by atoms with E-state index in [1.165, 1.54) is 24.3 Å². The zero-order chi connectivity index (χ0) is 15.1. The molecule has 1 radical (unpaired) electrons. The Hall–Kier alpha value is -2.50. The van der Waals surface area contributed by atoms with E-state index in [4.69, 9.17) is 11.5 Å². The van der Waals surface area contributed by atoms with Gasteiger partial charge in [-0.05, 0) is 12.1 Å². The molecule has 2 rings (SSSR count). The number of rotatable bonds is 2. The van der Waals surface area contributed by atoms with Gasteiger partial charge in [-0.3, -0.25) is 0 Å². The van der Waals surface area contributed by atoms with Gasteiger partial charge in [-0.2, -0.15) is 0 Å². The third kappa shape index (κ3) is 5.56. The van der Waals surface area contributed by atoms with Crippen molar-refractivity contribution in [3.8, 4) is 0 Å². The summed E-state index contributed by atoms with van der Waals surface area (Å²) in [6.07, 6.45) is 0. The molecule has 0 heterocycles. The summed E-state index contributed by atoms with van der Waals surface area (Å²) in [6, 6.07) is 12.4. The Labute approximate surface area is 131 Å². The van der Waals surface area contributed by atoms with E-state index in [9.17, 15) is 19.8 Å². The van der Waals surface area contributed by atoms with Crippen molar-refractivity contribution in [1.82, 2.24) is 0 Å². The van der Waals surface area contributed by atoms with Crippen molar-refractivity contribution in [3.63, 3.8) is 0 Å². The first-order valence-corrected chi connectivity index (χ1v) is 5.55. The molecule has 0 aliphatic heterocycles. The quantitative estimate of drug-likeness (QED) is 0.551. The second kappa shape index (κ2) is 8.63. The largest absolute Gasteiger partial charge is 0.545 e. The Kier molecular flexibility index (Phi) is 7.60. The number of carboxylic acid groups (broad SMARTS) is 2. The maximum absolute atomic E-state index is 10.2. The monoisotopic (exact) mass is 327 g/mol. The van der Waals surface area contributed by atoms with Crippen LogP contribution in [0.15, 0.2) is 48.5 Å². The molecule has 0 unspecified atom stereocenters. The van der Waals surface area contributed by atoms with E-state index in [1.54, 1.807) is 24.3 Å². The average molecular weight is 327 g/mol. The second-order valence-electron chi connectivity index (χ2n) is 3.75.